The summed E-state index contributed by atoms with van der Waals surface area (Å²) in [7, 11) is 1.34. The average molecular weight is 558 g/mol. The van der Waals surface area contributed by atoms with Gasteiger partial charge in [0.1, 0.15) is 26.9 Å². The molecule has 39 heavy (non-hydrogen) atoms. The zero-order valence-electron chi connectivity index (χ0n) is 22.2. The first-order valence-electron chi connectivity index (χ1n) is 12.2. The molecule has 11 nitrogen and oxygen atoms in total. The van der Waals surface area contributed by atoms with Gasteiger partial charge in [0.05, 0.1) is 43.6 Å². The summed E-state index contributed by atoms with van der Waals surface area (Å²) in [5, 5.41) is 8.83. The second-order valence-electron chi connectivity index (χ2n) is 9.36. The highest BCUT2D eigenvalue weighted by Gasteiger charge is 2.37. The van der Waals surface area contributed by atoms with Gasteiger partial charge in [-0.2, -0.15) is 10.2 Å². The van der Waals surface area contributed by atoms with Gasteiger partial charge in [0, 0.05) is 5.56 Å². The van der Waals surface area contributed by atoms with Crippen molar-refractivity contribution in [1.82, 2.24) is 24.1 Å². The van der Waals surface area contributed by atoms with E-state index in [4.69, 9.17) is 9.47 Å². The van der Waals surface area contributed by atoms with E-state index in [1.165, 1.54) is 44.2 Å². The fraction of sp³-hybridized carbons (Fsp3) is 0.385. The number of nitrogens with zero attached hydrogens (tertiary/aromatic N) is 5. The molecule has 1 aromatic carbocycles. The smallest absolute Gasteiger partial charge is 0.333 e. The lowest BCUT2D eigenvalue weighted by atomic mass is 10.1. The highest BCUT2D eigenvalue weighted by atomic mass is 32.1. The summed E-state index contributed by atoms with van der Waals surface area (Å²) >= 11 is 1.05. The third-order valence-electron chi connectivity index (χ3n) is 6.34. The van der Waals surface area contributed by atoms with E-state index in [-0.39, 0.29) is 28.1 Å². The molecule has 0 aliphatic heterocycles. The Morgan fingerprint density at radius 1 is 1.15 bits per heavy atom. The predicted octanol–water partition coefficient (Wildman–Crippen LogP) is 3.22. The molecule has 4 aromatic rings. The number of hydrogen-bond acceptors (Lipinski definition) is 9. The van der Waals surface area contributed by atoms with Crippen LogP contribution in [0.15, 0.2) is 40.2 Å². The third-order valence-corrected chi connectivity index (χ3v) is 7.62. The van der Waals surface area contributed by atoms with Crippen molar-refractivity contribution >= 4 is 33.3 Å². The topological polar surface area (TPSA) is 127 Å². The van der Waals surface area contributed by atoms with Gasteiger partial charge in [-0.05, 0) is 45.4 Å². The maximum Gasteiger partial charge on any atom is 0.333 e. The van der Waals surface area contributed by atoms with Crippen LogP contribution in [-0.4, -0.2) is 49.6 Å². The number of aromatic nitrogens is 5. The number of aryl methyl sites for hydroxylation is 1. The van der Waals surface area contributed by atoms with Crippen molar-refractivity contribution in [2.45, 2.75) is 52.6 Å². The van der Waals surface area contributed by atoms with Gasteiger partial charge in [-0.15, -0.1) is 4.80 Å². The van der Waals surface area contributed by atoms with Crippen LogP contribution in [0.1, 0.15) is 49.5 Å². The molecular formula is C26H28FN5O6S. The van der Waals surface area contributed by atoms with Crippen molar-refractivity contribution in [3.8, 4) is 10.8 Å². The standard InChI is InChI=1S/C26H28FN5O6S/c1-6-7-12-38-24(35)26(3,4)31-21(34)20-15(2)22(32-28-10-11-29-32)39-23(20)30(25(31)36)14-18(33)17-13-16(27)8-9-19(17)37-5/h8-11,13H,6-7,12,14H2,1-5H3. The first-order chi connectivity index (χ1) is 18.5. The lowest BCUT2D eigenvalue weighted by Crippen LogP contribution is -2.53. The third kappa shape index (κ3) is 5.01. The molecule has 0 aliphatic carbocycles. The number of carbonyl (C=O) groups is 2. The van der Waals surface area contributed by atoms with Crippen molar-refractivity contribution in [1.29, 1.82) is 0 Å². The maximum absolute atomic E-state index is 14.0. The molecule has 0 fully saturated rings. The van der Waals surface area contributed by atoms with Gasteiger partial charge in [0.2, 0.25) is 0 Å². The number of carbonyl (C=O) groups excluding carboxylic acids is 2. The summed E-state index contributed by atoms with van der Waals surface area (Å²) < 4.78 is 26.5. The number of benzene rings is 1. The summed E-state index contributed by atoms with van der Waals surface area (Å²) in [6, 6.07) is 3.49. The van der Waals surface area contributed by atoms with E-state index in [1.807, 2.05) is 6.92 Å². The summed E-state index contributed by atoms with van der Waals surface area (Å²) in [6.45, 7) is 6.01. The highest BCUT2D eigenvalue weighted by Crippen LogP contribution is 2.31. The highest BCUT2D eigenvalue weighted by molar-refractivity contribution is 7.21. The SMILES string of the molecule is CCCCOC(=O)C(C)(C)n1c(=O)c2c(C)c(-n3nccn3)sc2n(CC(=O)c2cc(F)ccc2OC)c1=O. The predicted molar refractivity (Wildman–Crippen MR) is 142 cm³/mol. The van der Waals surface area contributed by atoms with Crippen LogP contribution < -0.4 is 16.0 Å². The summed E-state index contributed by atoms with van der Waals surface area (Å²) in [5.74, 6) is -1.92. The Labute approximate surface area is 226 Å². The van der Waals surface area contributed by atoms with Crippen LogP contribution in [0, 0.1) is 12.7 Å². The molecule has 0 aliphatic rings. The van der Waals surface area contributed by atoms with Crippen molar-refractivity contribution in [3.05, 3.63) is 68.4 Å². The van der Waals surface area contributed by atoms with Gasteiger partial charge in [-0.3, -0.25) is 14.2 Å². The van der Waals surface area contributed by atoms with Crippen molar-refractivity contribution in [2.24, 2.45) is 0 Å². The number of methoxy groups -OCH3 is 1. The Morgan fingerprint density at radius 2 is 1.85 bits per heavy atom. The fourth-order valence-electron chi connectivity index (χ4n) is 4.18. The minimum Gasteiger partial charge on any atom is -0.496 e. The quantitative estimate of drug-likeness (QED) is 0.165. The van der Waals surface area contributed by atoms with Crippen molar-refractivity contribution in [2.75, 3.05) is 13.7 Å². The Balaban J connectivity index is 1.97. The second-order valence-corrected chi connectivity index (χ2v) is 10.3. The molecule has 0 unspecified atom stereocenters. The molecule has 3 aromatic heterocycles. The van der Waals surface area contributed by atoms with Gasteiger partial charge in [-0.1, -0.05) is 24.7 Å². The fourth-order valence-corrected chi connectivity index (χ4v) is 5.39. The zero-order valence-corrected chi connectivity index (χ0v) is 23.0. The molecule has 13 heteroatoms. The van der Waals surface area contributed by atoms with Gasteiger partial charge < -0.3 is 9.47 Å². The number of Topliss-reactive ketones (excluding diaryl/α,β-unsaturated/α-hetero) is 1. The molecule has 0 spiro atoms. The minimum absolute atomic E-state index is 0.0734. The molecule has 0 saturated heterocycles. The van der Waals surface area contributed by atoms with Crippen molar-refractivity contribution in [3.63, 3.8) is 0 Å². The molecule has 206 valence electrons. The van der Waals surface area contributed by atoms with Crippen LogP contribution in [0.4, 0.5) is 4.39 Å². The molecule has 0 atom stereocenters. The Kier molecular flexibility index (Phi) is 7.82. The van der Waals surface area contributed by atoms with E-state index < -0.39 is 40.9 Å². The number of ketones is 1. The lowest BCUT2D eigenvalue weighted by molar-refractivity contribution is -0.153. The molecule has 0 bridgehead atoms. The number of rotatable bonds is 10. The minimum atomic E-state index is -1.70. The average Bonchev–Trinajstić information content (AvgIpc) is 3.54. The van der Waals surface area contributed by atoms with Gasteiger partial charge >= 0.3 is 11.7 Å². The number of esters is 1. The number of thiophene rings is 1. The monoisotopic (exact) mass is 557 g/mol. The van der Waals surface area contributed by atoms with E-state index in [1.54, 1.807) is 6.92 Å². The van der Waals surface area contributed by atoms with Crippen molar-refractivity contribution < 1.29 is 23.5 Å². The number of unbranched alkanes of at least 4 members (excludes halogenated alkanes) is 1. The van der Waals surface area contributed by atoms with Crippen LogP contribution in [0.3, 0.4) is 0 Å². The van der Waals surface area contributed by atoms with Gasteiger partial charge in [-0.25, -0.2) is 18.5 Å². The molecule has 3 heterocycles. The van der Waals surface area contributed by atoms with Crippen LogP contribution in [0.25, 0.3) is 15.2 Å². The number of hydrogen-bond donors (Lipinski definition) is 0. The van der Waals surface area contributed by atoms with Crippen LogP contribution in [-0.2, 0) is 21.6 Å². The van der Waals surface area contributed by atoms with E-state index in [0.29, 0.717) is 17.0 Å². The normalized spacial score (nSPS) is 11.6. The molecule has 4 rings (SSSR count). The van der Waals surface area contributed by atoms with E-state index >= 15 is 0 Å². The number of halogens is 1. The lowest BCUT2D eigenvalue weighted by Gasteiger charge is -2.25. The van der Waals surface area contributed by atoms with E-state index in [2.05, 4.69) is 10.2 Å². The molecule has 0 N–H and O–H groups in total. The zero-order chi connectivity index (χ0) is 28.5. The summed E-state index contributed by atoms with van der Waals surface area (Å²) in [6.07, 6.45) is 4.33. The molecule has 0 saturated carbocycles. The largest absolute Gasteiger partial charge is 0.496 e. The second kappa shape index (κ2) is 10.9. The summed E-state index contributed by atoms with van der Waals surface area (Å²) in [5.41, 5.74) is -2.92. The first-order valence-corrected chi connectivity index (χ1v) is 13.0. The van der Waals surface area contributed by atoms with E-state index in [0.717, 1.165) is 39.0 Å². The molecular weight excluding hydrogens is 529 g/mol. The molecule has 0 amide bonds. The van der Waals surface area contributed by atoms with Gasteiger partial charge in [0.25, 0.3) is 5.56 Å². The van der Waals surface area contributed by atoms with Crippen LogP contribution >= 0.6 is 11.3 Å². The Morgan fingerprint density at radius 3 is 2.49 bits per heavy atom. The Bertz CT molecular complexity index is 1670. The Hall–Kier alpha value is -4.13. The molecule has 0 radical (unpaired) electrons. The van der Waals surface area contributed by atoms with Gasteiger partial charge in [0.15, 0.2) is 5.78 Å². The maximum atomic E-state index is 14.0. The van der Waals surface area contributed by atoms with E-state index in [9.17, 15) is 23.6 Å². The number of ether oxygens (including phenoxy) is 2. The summed E-state index contributed by atoms with van der Waals surface area (Å²) in [4.78, 5) is 55.7. The van der Waals surface area contributed by atoms with Crippen LogP contribution in [0.5, 0.6) is 5.75 Å². The first kappa shape index (κ1) is 27.9. The number of fused-ring (bicyclic) bond motifs is 1. The van der Waals surface area contributed by atoms with Crippen LogP contribution in [0.2, 0.25) is 0 Å².